The first-order valence-corrected chi connectivity index (χ1v) is 5.39. The van der Waals surface area contributed by atoms with Gasteiger partial charge < -0.3 is 0 Å². The van der Waals surface area contributed by atoms with E-state index < -0.39 is 11.6 Å². The molecule has 1 fully saturated rings. The van der Waals surface area contributed by atoms with Crippen LogP contribution >= 0.6 is 0 Å². The average molecular weight is 220 g/mol. The number of hydrogen-bond donors (Lipinski definition) is 0. The zero-order valence-electron chi connectivity index (χ0n) is 9.62. The van der Waals surface area contributed by atoms with Crippen LogP contribution in [0.1, 0.15) is 46.5 Å². The van der Waals surface area contributed by atoms with Crippen LogP contribution in [0.3, 0.4) is 0 Å². The van der Waals surface area contributed by atoms with E-state index >= 15 is 0 Å². The van der Waals surface area contributed by atoms with Gasteiger partial charge in [0, 0.05) is 12.8 Å². The van der Waals surface area contributed by atoms with Gasteiger partial charge in [0.25, 0.3) is 0 Å². The third kappa shape index (κ3) is 4.27. The Balaban J connectivity index is 2.60. The quantitative estimate of drug-likeness (QED) is 0.570. The molecule has 0 amide bonds. The van der Waals surface area contributed by atoms with Gasteiger partial charge in [-0.3, -0.25) is 0 Å². The maximum absolute atomic E-state index is 14.0. The molecule has 0 atom stereocenters. The number of rotatable bonds is 1. The Labute approximate surface area is 89.6 Å². The highest BCUT2D eigenvalue weighted by Crippen LogP contribution is 2.41. The van der Waals surface area contributed by atoms with Gasteiger partial charge in [-0.1, -0.05) is 32.9 Å². The highest BCUT2D eigenvalue weighted by Gasteiger charge is 2.42. The van der Waals surface area contributed by atoms with Crippen molar-refractivity contribution in [3.8, 4) is 0 Å². The molecule has 88 valence electrons. The summed E-state index contributed by atoms with van der Waals surface area (Å²) in [4.78, 5) is 0. The van der Waals surface area contributed by atoms with Crippen molar-refractivity contribution in [2.75, 3.05) is 0 Å². The van der Waals surface area contributed by atoms with Crippen molar-refractivity contribution < 1.29 is 13.2 Å². The van der Waals surface area contributed by atoms with Gasteiger partial charge in [-0.2, -0.15) is 0 Å². The van der Waals surface area contributed by atoms with Gasteiger partial charge in [-0.25, -0.2) is 13.2 Å². The van der Waals surface area contributed by atoms with Crippen molar-refractivity contribution in [2.45, 2.75) is 58.0 Å². The molecule has 0 nitrogen and oxygen atoms in total. The molecule has 1 saturated carbocycles. The number of hydrogen-bond acceptors (Lipinski definition) is 0. The maximum atomic E-state index is 14.0. The molecule has 15 heavy (non-hydrogen) atoms. The van der Waals surface area contributed by atoms with Gasteiger partial charge in [0.05, 0.1) is 0 Å². The van der Waals surface area contributed by atoms with E-state index in [0.29, 0.717) is 0 Å². The molecule has 0 unspecified atom stereocenters. The highest BCUT2D eigenvalue weighted by atomic mass is 19.3. The van der Waals surface area contributed by atoms with Crippen LogP contribution in [0.2, 0.25) is 0 Å². The second-order valence-corrected chi connectivity index (χ2v) is 5.59. The Morgan fingerprint density at radius 3 is 1.80 bits per heavy atom. The first-order chi connectivity index (χ1) is 6.62. The molecule has 1 rings (SSSR count). The predicted molar refractivity (Wildman–Crippen MR) is 55.8 cm³/mol. The van der Waals surface area contributed by atoms with E-state index in [1.165, 1.54) is 6.08 Å². The smallest absolute Gasteiger partial charge is 0.239 e. The van der Waals surface area contributed by atoms with Crippen LogP contribution in [0.25, 0.3) is 0 Å². The Bertz CT molecular complexity index is 238. The van der Waals surface area contributed by atoms with E-state index in [1.807, 2.05) is 20.8 Å². The van der Waals surface area contributed by atoms with E-state index in [9.17, 15) is 13.2 Å². The Morgan fingerprint density at radius 2 is 1.40 bits per heavy atom. The molecule has 0 heterocycles. The summed E-state index contributed by atoms with van der Waals surface area (Å²) in [7, 11) is 0. The largest absolute Gasteiger partial charge is 0.248 e. The minimum Gasteiger partial charge on any atom is -0.239 e. The fourth-order valence-corrected chi connectivity index (χ4v) is 1.60. The standard InChI is InChI=1S/C12H19F3/c1-10(2,3)4-5-11(13)6-8-12(14,15)9-7-11/h4-5H,6-9H2,1-3H3/b5-4+. The number of allylic oxidation sites excluding steroid dienone is 2. The summed E-state index contributed by atoms with van der Waals surface area (Å²) in [6, 6.07) is 0. The van der Waals surface area contributed by atoms with Crippen LogP contribution in [0.4, 0.5) is 13.2 Å². The van der Waals surface area contributed by atoms with Crippen molar-refractivity contribution in [3.63, 3.8) is 0 Å². The number of alkyl halides is 3. The summed E-state index contributed by atoms with van der Waals surface area (Å²) in [5.41, 5.74) is -1.62. The third-order valence-electron chi connectivity index (χ3n) is 2.69. The fraction of sp³-hybridized carbons (Fsp3) is 0.833. The lowest BCUT2D eigenvalue weighted by molar-refractivity contribution is -0.0642. The molecular weight excluding hydrogens is 201 g/mol. The molecule has 0 radical (unpaired) electrons. The highest BCUT2D eigenvalue weighted by molar-refractivity contribution is 5.07. The van der Waals surface area contributed by atoms with Crippen LogP contribution < -0.4 is 0 Å². The van der Waals surface area contributed by atoms with Gasteiger partial charge in [0.2, 0.25) is 5.92 Å². The summed E-state index contributed by atoms with van der Waals surface area (Å²) in [5.74, 6) is -2.66. The SMILES string of the molecule is CC(C)(C)/C=C/C1(F)CCC(F)(F)CC1. The predicted octanol–water partition coefficient (Wildman–Crippen LogP) is 4.51. The van der Waals surface area contributed by atoms with Gasteiger partial charge in [0.15, 0.2) is 0 Å². The van der Waals surface area contributed by atoms with Gasteiger partial charge >= 0.3 is 0 Å². The van der Waals surface area contributed by atoms with Crippen LogP contribution in [0, 0.1) is 5.41 Å². The molecule has 0 aliphatic heterocycles. The third-order valence-corrected chi connectivity index (χ3v) is 2.69. The second kappa shape index (κ2) is 3.84. The van der Waals surface area contributed by atoms with E-state index in [0.717, 1.165) is 0 Å². The first kappa shape index (κ1) is 12.6. The lowest BCUT2D eigenvalue weighted by Gasteiger charge is -2.32. The number of halogens is 3. The monoisotopic (exact) mass is 220 g/mol. The average Bonchev–Trinajstić information content (AvgIpc) is 2.07. The zero-order chi connectivity index (χ0) is 11.7. The van der Waals surface area contributed by atoms with Crippen LogP contribution in [0.15, 0.2) is 12.2 Å². The topological polar surface area (TPSA) is 0 Å². The second-order valence-electron chi connectivity index (χ2n) is 5.59. The molecule has 0 saturated heterocycles. The first-order valence-electron chi connectivity index (χ1n) is 5.39. The molecule has 1 aliphatic rings. The summed E-state index contributed by atoms with van der Waals surface area (Å²) in [6.07, 6.45) is 2.45. The molecule has 0 aromatic heterocycles. The minimum absolute atomic E-state index is 0.0629. The Kier molecular flexibility index (Phi) is 3.22. The van der Waals surface area contributed by atoms with Crippen LogP contribution in [-0.2, 0) is 0 Å². The molecular formula is C12H19F3. The summed E-state index contributed by atoms with van der Waals surface area (Å²) in [5, 5.41) is 0. The van der Waals surface area contributed by atoms with E-state index in [-0.39, 0.29) is 31.1 Å². The van der Waals surface area contributed by atoms with Crippen molar-refractivity contribution in [2.24, 2.45) is 5.41 Å². The normalized spacial score (nSPS) is 25.7. The lowest BCUT2D eigenvalue weighted by atomic mass is 9.82. The molecule has 3 heteroatoms. The molecule has 1 aliphatic carbocycles. The molecule has 0 aromatic carbocycles. The summed E-state index contributed by atoms with van der Waals surface area (Å²) in [6.45, 7) is 5.89. The van der Waals surface area contributed by atoms with Crippen molar-refractivity contribution in [3.05, 3.63) is 12.2 Å². The van der Waals surface area contributed by atoms with Crippen molar-refractivity contribution >= 4 is 0 Å². The Morgan fingerprint density at radius 1 is 0.933 bits per heavy atom. The molecule has 0 aromatic rings. The fourth-order valence-electron chi connectivity index (χ4n) is 1.60. The summed E-state index contributed by atoms with van der Waals surface area (Å²) >= 11 is 0. The van der Waals surface area contributed by atoms with E-state index in [2.05, 4.69) is 0 Å². The van der Waals surface area contributed by atoms with Crippen LogP contribution in [0.5, 0.6) is 0 Å². The minimum atomic E-state index is -2.66. The van der Waals surface area contributed by atoms with E-state index in [4.69, 9.17) is 0 Å². The molecule has 0 N–H and O–H groups in total. The van der Waals surface area contributed by atoms with Gasteiger partial charge in [-0.05, 0) is 18.3 Å². The maximum Gasteiger partial charge on any atom is 0.248 e. The zero-order valence-corrected chi connectivity index (χ0v) is 9.62. The summed E-state index contributed by atoms with van der Waals surface area (Å²) < 4.78 is 39.7. The van der Waals surface area contributed by atoms with Gasteiger partial charge in [-0.15, -0.1) is 0 Å². The Hall–Kier alpha value is -0.470. The van der Waals surface area contributed by atoms with Gasteiger partial charge in [0.1, 0.15) is 5.67 Å². The molecule has 0 spiro atoms. The van der Waals surface area contributed by atoms with E-state index in [1.54, 1.807) is 6.08 Å². The van der Waals surface area contributed by atoms with Crippen molar-refractivity contribution in [1.29, 1.82) is 0 Å². The lowest BCUT2D eigenvalue weighted by Crippen LogP contribution is -2.33. The molecule has 0 bridgehead atoms. The van der Waals surface area contributed by atoms with Crippen molar-refractivity contribution in [1.82, 2.24) is 0 Å². The van der Waals surface area contributed by atoms with Crippen LogP contribution in [-0.4, -0.2) is 11.6 Å².